The number of fused-ring (bicyclic) bond motifs is 1. The summed E-state index contributed by atoms with van der Waals surface area (Å²) in [4.78, 5) is 83.0. The molecule has 0 aliphatic carbocycles. The van der Waals surface area contributed by atoms with Crippen LogP contribution >= 0.6 is 23.1 Å². The summed E-state index contributed by atoms with van der Waals surface area (Å²) in [6.45, 7) is 1.22. The molecule has 1 saturated heterocycles. The van der Waals surface area contributed by atoms with Crippen LogP contribution < -0.4 is 16.4 Å². The lowest BCUT2D eigenvalue weighted by atomic mass is 10.0. The fraction of sp³-hybridized carbons (Fsp3) is 0.345. The molecule has 2 aliphatic rings. The maximum absolute atomic E-state index is 13.6. The molecule has 260 valence electrons. The minimum absolute atomic E-state index is 0.0482. The van der Waals surface area contributed by atoms with Crippen molar-refractivity contribution in [3.63, 3.8) is 0 Å². The number of hydrogen-bond donors (Lipinski definition) is 3. The number of benzene rings is 1. The number of thioether (sulfide) groups is 1. The molecule has 1 fully saturated rings. The topological polar surface area (TPSA) is 226 Å². The minimum atomic E-state index is -1.87. The van der Waals surface area contributed by atoms with Crippen LogP contribution in [0.5, 0.6) is 0 Å². The maximum Gasteiger partial charge on any atom is 0.355 e. The molecule has 0 bridgehead atoms. The summed E-state index contributed by atoms with van der Waals surface area (Å²) < 4.78 is 19.2. The number of carbonyl (C=O) groups is 5. The Hall–Kier alpha value is -5.21. The molecule has 20 heteroatoms. The zero-order chi connectivity index (χ0) is 35.9. The third kappa shape index (κ3) is 9.24. The molecular weight excluding hydrogens is 687 g/mol. The Morgan fingerprint density at radius 1 is 1.31 bits per heavy atom. The Labute approximate surface area is 286 Å². The Morgan fingerprint density at radius 3 is 2.65 bits per heavy atom. The van der Waals surface area contributed by atoms with Gasteiger partial charge in [-0.2, -0.15) is 4.39 Å². The van der Waals surface area contributed by atoms with Gasteiger partial charge in [0.15, 0.2) is 17.4 Å². The van der Waals surface area contributed by atoms with Gasteiger partial charge in [-0.25, -0.2) is 9.78 Å². The summed E-state index contributed by atoms with van der Waals surface area (Å²) in [5.41, 5.74) is 5.55. The zero-order valence-electron chi connectivity index (χ0n) is 26.4. The van der Waals surface area contributed by atoms with Crippen molar-refractivity contribution in [1.29, 1.82) is 0 Å². The highest BCUT2D eigenvalue weighted by Gasteiger charge is 2.54. The maximum atomic E-state index is 13.6. The second kappa shape index (κ2) is 15.8. The predicted molar refractivity (Wildman–Crippen MR) is 175 cm³/mol. The first-order chi connectivity index (χ1) is 23.2. The number of hydrogen-bond acceptors (Lipinski definition) is 13. The third-order valence-electron chi connectivity index (χ3n) is 6.93. The number of esters is 1. The number of nitrogens with one attached hydrogen (secondary N) is 2. The number of halogens is 1. The molecule has 2 aliphatic heterocycles. The first-order valence-corrected chi connectivity index (χ1v) is 16.3. The number of nitrogens with zero attached hydrogens (tertiary/aromatic N) is 5. The third-order valence-corrected chi connectivity index (χ3v) is 9.01. The highest BCUT2D eigenvalue weighted by molar-refractivity contribution is 8.00. The smallest absolute Gasteiger partial charge is 0.355 e. The van der Waals surface area contributed by atoms with E-state index >= 15 is 0 Å². The van der Waals surface area contributed by atoms with Crippen molar-refractivity contribution in [3.8, 4) is 0 Å². The van der Waals surface area contributed by atoms with Gasteiger partial charge in [0.2, 0.25) is 6.41 Å². The van der Waals surface area contributed by atoms with Crippen molar-refractivity contribution in [3.05, 3.63) is 74.4 Å². The molecule has 3 heterocycles. The quantitative estimate of drug-likeness (QED) is 0.0425. The van der Waals surface area contributed by atoms with E-state index in [-0.39, 0.29) is 45.6 Å². The van der Waals surface area contributed by atoms with Crippen LogP contribution in [0.2, 0.25) is 0 Å². The van der Waals surface area contributed by atoms with Crippen LogP contribution in [0.4, 0.5) is 15.2 Å². The van der Waals surface area contributed by atoms with Crippen molar-refractivity contribution < 1.29 is 47.3 Å². The molecule has 0 radical (unpaired) electrons. The molecule has 1 aromatic heterocycles. The minimum Gasteiger partial charge on any atom is -0.456 e. The van der Waals surface area contributed by atoms with Crippen LogP contribution in [-0.2, 0) is 40.2 Å². The average molecular weight is 720 g/mol. The molecule has 2 aromatic rings. The molecule has 1 aromatic carbocycles. The lowest BCUT2D eigenvalue weighted by Gasteiger charge is -2.49. The zero-order valence-corrected chi connectivity index (χ0v) is 28.0. The van der Waals surface area contributed by atoms with Crippen molar-refractivity contribution in [2.75, 3.05) is 38.3 Å². The van der Waals surface area contributed by atoms with E-state index in [1.54, 1.807) is 26.2 Å². The number of quaternary nitrogens is 1. The molecule has 3 atom stereocenters. The SMILES string of the molecule is CC(F)ON=C(C(=O)N[C@@H]1C(=O)N2C(C(=O)OCc3ccc([N+](=O)[O-])cc3)=C(/C=C\C[N+](C)(C)CC(N)=O)CS[C@@H]12)c1csc(NC=O)n1. The van der Waals surface area contributed by atoms with Crippen LogP contribution in [0, 0.1) is 10.1 Å². The van der Waals surface area contributed by atoms with Gasteiger partial charge >= 0.3 is 5.97 Å². The van der Waals surface area contributed by atoms with E-state index in [2.05, 4.69) is 25.6 Å². The van der Waals surface area contributed by atoms with Gasteiger partial charge in [-0.05, 0) is 29.3 Å². The average Bonchev–Trinajstić information content (AvgIpc) is 3.49. The van der Waals surface area contributed by atoms with E-state index in [0.717, 1.165) is 18.3 Å². The first-order valence-electron chi connectivity index (χ1n) is 14.4. The number of thiazole rings is 1. The van der Waals surface area contributed by atoms with E-state index in [1.165, 1.54) is 46.3 Å². The van der Waals surface area contributed by atoms with E-state index in [4.69, 9.17) is 10.5 Å². The normalized spacial score (nSPS) is 18.3. The highest BCUT2D eigenvalue weighted by Crippen LogP contribution is 2.41. The number of carbonyl (C=O) groups excluding carboxylic acids is 5. The number of non-ortho nitro benzene ring substituents is 1. The Balaban J connectivity index is 1.57. The molecule has 0 spiro atoms. The molecule has 17 nitrogen and oxygen atoms in total. The number of alkyl halides is 1. The number of allylic oxidation sites excluding steroid dienone is 1. The summed E-state index contributed by atoms with van der Waals surface area (Å²) in [5, 5.41) is 20.2. The first kappa shape index (κ1) is 36.6. The van der Waals surface area contributed by atoms with E-state index < -0.39 is 52.1 Å². The largest absolute Gasteiger partial charge is 0.456 e. The van der Waals surface area contributed by atoms with Crippen LogP contribution in [0.15, 0.2) is 58.2 Å². The number of β-lactam (4-membered cyclic amide) rings is 1. The summed E-state index contributed by atoms with van der Waals surface area (Å²) in [5.74, 6) is -2.69. The molecule has 49 heavy (non-hydrogen) atoms. The Kier molecular flexibility index (Phi) is 11.8. The second-order valence-electron chi connectivity index (χ2n) is 11.3. The number of aromatic nitrogens is 1. The fourth-order valence-corrected chi connectivity index (χ4v) is 6.67. The number of primary amides is 1. The molecule has 1 unspecified atom stereocenters. The van der Waals surface area contributed by atoms with Gasteiger partial charge in [0.1, 0.15) is 29.4 Å². The van der Waals surface area contributed by atoms with Gasteiger partial charge in [0.25, 0.3) is 29.8 Å². The van der Waals surface area contributed by atoms with Gasteiger partial charge in [0, 0.05) is 30.2 Å². The molecule has 4 amide bonds. The van der Waals surface area contributed by atoms with Crippen LogP contribution in [0.3, 0.4) is 0 Å². The van der Waals surface area contributed by atoms with E-state index in [0.29, 0.717) is 24.1 Å². The Morgan fingerprint density at radius 2 is 2.02 bits per heavy atom. The van der Waals surface area contributed by atoms with Crippen LogP contribution in [0.1, 0.15) is 18.2 Å². The summed E-state index contributed by atoms with van der Waals surface area (Å²) >= 11 is 2.23. The van der Waals surface area contributed by atoms with E-state index in [9.17, 15) is 38.5 Å². The van der Waals surface area contributed by atoms with Gasteiger partial charge in [0.05, 0.1) is 25.6 Å². The van der Waals surface area contributed by atoms with Gasteiger partial charge in [-0.15, -0.1) is 23.1 Å². The summed E-state index contributed by atoms with van der Waals surface area (Å²) in [6.07, 6.45) is 1.90. The number of oxime groups is 1. The lowest BCUT2D eigenvalue weighted by Crippen LogP contribution is -2.71. The summed E-state index contributed by atoms with van der Waals surface area (Å²) in [6, 6.07) is 4.28. The van der Waals surface area contributed by atoms with Crippen LogP contribution in [0.25, 0.3) is 0 Å². The highest BCUT2D eigenvalue weighted by atomic mass is 32.2. The number of nitro groups is 1. The van der Waals surface area contributed by atoms with Crippen molar-refractivity contribution in [2.45, 2.75) is 31.3 Å². The number of nitrogens with two attached hydrogens (primary N) is 1. The van der Waals surface area contributed by atoms with E-state index in [1.807, 2.05) is 0 Å². The predicted octanol–water partition coefficient (Wildman–Crippen LogP) is 1.17. The molecule has 4 N–H and O–H groups in total. The lowest BCUT2D eigenvalue weighted by molar-refractivity contribution is -0.876. The monoisotopic (exact) mass is 719 g/mol. The fourth-order valence-electron chi connectivity index (χ4n) is 4.70. The summed E-state index contributed by atoms with van der Waals surface area (Å²) in [7, 11) is 3.59. The Bertz CT molecular complexity index is 1730. The standard InChI is InChI=1S/C29H31FN8O9S2/c1-16(30)47-35-22(20-14-49-29(33-20)32-15-39)25(41)34-23-26(42)36-24(28(43)46-12-17-6-8-19(9-7-17)37(44)45)18(13-48-27(23)36)5-4-10-38(2,3)11-21(31)40/h4-9,14-16,23,27H,10-13H2,1-3H3,(H3-,31,32,33,34,39,40,41)/p+1/b5-4-,35-22?/t16?,23-,27+/m1/s1. The van der Waals surface area contributed by atoms with Gasteiger partial charge in [-0.3, -0.25) is 34.2 Å². The number of amides is 4. The molecule has 4 rings (SSSR count). The van der Waals surface area contributed by atoms with Gasteiger partial charge in [-0.1, -0.05) is 11.2 Å². The number of ether oxygens (including phenoxy) is 1. The molecular formula is C29H32FN8O9S2+. The van der Waals surface area contributed by atoms with Crippen molar-refractivity contribution >= 4 is 69.7 Å². The number of likely N-dealkylation sites (N-methyl/N-ethyl adjacent to an activating group) is 1. The number of anilines is 1. The van der Waals surface area contributed by atoms with Crippen LogP contribution in [-0.4, -0.2) is 106 Å². The molecule has 0 saturated carbocycles. The number of rotatable bonds is 16. The van der Waals surface area contributed by atoms with Gasteiger partial charge < -0.3 is 30.4 Å². The number of nitro benzene ring substituents is 1. The van der Waals surface area contributed by atoms with Crippen molar-refractivity contribution in [1.82, 2.24) is 15.2 Å². The second-order valence-corrected chi connectivity index (χ2v) is 13.2. The van der Waals surface area contributed by atoms with Crippen molar-refractivity contribution in [2.24, 2.45) is 10.9 Å².